The summed E-state index contributed by atoms with van der Waals surface area (Å²) in [6.45, 7) is 2.03. The number of piperidine rings is 1. The number of hydrogen-bond acceptors (Lipinski definition) is 7. The van der Waals surface area contributed by atoms with Crippen molar-refractivity contribution in [2.75, 3.05) is 26.7 Å². The van der Waals surface area contributed by atoms with Gasteiger partial charge in [0.15, 0.2) is 0 Å². The summed E-state index contributed by atoms with van der Waals surface area (Å²) in [6, 6.07) is 3.72. The van der Waals surface area contributed by atoms with Crippen LogP contribution in [-0.2, 0) is 11.2 Å². The first-order valence-electron chi connectivity index (χ1n) is 10.7. The number of carbonyl (C=O) groups excluding carboxylic acids is 2. The molecule has 4 rings (SSSR count). The molecule has 164 valence electrons. The van der Waals surface area contributed by atoms with E-state index in [1.165, 1.54) is 18.6 Å². The zero-order valence-electron chi connectivity index (χ0n) is 17.7. The van der Waals surface area contributed by atoms with Gasteiger partial charge in [-0.15, -0.1) is 0 Å². The first-order valence-corrected chi connectivity index (χ1v) is 10.7. The molecular weight excluding hydrogens is 396 g/mol. The van der Waals surface area contributed by atoms with Crippen molar-refractivity contribution in [3.63, 3.8) is 0 Å². The van der Waals surface area contributed by atoms with E-state index in [1.807, 2.05) is 12.1 Å². The molecule has 2 saturated heterocycles. The standard InChI is InChI=1S/C22H28N6O3/c1-31-20-16(5-4-8-25-20)6-9-26-21(30)22-7-2-3-12-28(22)15-17(13-22)27-19(29)18-14-23-10-11-24-18/h4-5,8,10-11,14,17H,2-3,6-7,9,12-13,15H2,1H3,(H,26,30)(H,27,29)/t17-,22-/m0/s1. The molecule has 0 spiro atoms. The number of rotatable bonds is 7. The lowest BCUT2D eigenvalue weighted by molar-refractivity contribution is -0.133. The number of hydrogen-bond donors (Lipinski definition) is 2. The molecule has 2 N–H and O–H groups in total. The summed E-state index contributed by atoms with van der Waals surface area (Å²) in [6.07, 6.45) is 10.3. The smallest absolute Gasteiger partial charge is 0.271 e. The quantitative estimate of drug-likeness (QED) is 0.681. The number of ether oxygens (including phenoxy) is 1. The average Bonchev–Trinajstić information content (AvgIpc) is 3.19. The van der Waals surface area contributed by atoms with Crippen LogP contribution in [0.15, 0.2) is 36.9 Å². The number of carbonyl (C=O) groups is 2. The van der Waals surface area contributed by atoms with E-state index < -0.39 is 5.54 Å². The van der Waals surface area contributed by atoms with Gasteiger partial charge in [0.2, 0.25) is 11.8 Å². The minimum Gasteiger partial charge on any atom is -0.481 e. The van der Waals surface area contributed by atoms with Crippen molar-refractivity contribution in [2.45, 2.75) is 43.7 Å². The zero-order valence-corrected chi connectivity index (χ0v) is 17.7. The van der Waals surface area contributed by atoms with E-state index in [9.17, 15) is 9.59 Å². The second kappa shape index (κ2) is 9.38. The van der Waals surface area contributed by atoms with Crippen molar-refractivity contribution in [3.05, 3.63) is 48.2 Å². The van der Waals surface area contributed by atoms with Crippen LogP contribution < -0.4 is 15.4 Å². The summed E-state index contributed by atoms with van der Waals surface area (Å²) in [4.78, 5) is 40.3. The fourth-order valence-electron chi connectivity index (χ4n) is 4.72. The van der Waals surface area contributed by atoms with Crippen molar-refractivity contribution in [1.29, 1.82) is 0 Å². The molecule has 2 fully saturated rings. The average molecular weight is 425 g/mol. The van der Waals surface area contributed by atoms with Crippen LogP contribution in [0.5, 0.6) is 5.88 Å². The van der Waals surface area contributed by atoms with E-state index in [1.54, 1.807) is 13.3 Å². The van der Waals surface area contributed by atoms with Crippen LogP contribution in [0.3, 0.4) is 0 Å². The topological polar surface area (TPSA) is 109 Å². The van der Waals surface area contributed by atoms with Crippen LogP contribution in [0.4, 0.5) is 0 Å². The molecule has 2 amide bonds. The Kier molecular flexibility index (Phi) is 6.41. The summed E-state index contributed by atoms with van der Waals surface area (Å²) in [5.74, 6) is 0.366. The highest BCUT2D eigenvalue weighted by Gasteiger charge is 2.52. The van der Waals surface area contributed by atoms with Crippen LogP contribution in [-0.4, -0.2) is 70.0 Å². The fraction of sp³-hybridized carbons (Fsp3) is 0.500. The van der Waals surface area contributed by atoms with E-state index in [0.29, 0.717) is 31.8 Å². The van der Waals surface area contributed by atoms with Crippen molar-refractivity contribution < 1.29 is 14.3 Å². The molecule has 0 aromatic carbocycles. The van der Waals surface area contributed by atoms with Crippen LogP contribution >= 0.6 is 0 Å². The Hall–Kier alpha value is -3.07. The fourth-order valence-corrected chi connectivity index (χ4v) is 4.72. The maximum atomic E-state index is 13.3. The molecule has 2 aliphatic heterocycles. The second-order valence-electron chi connectivity index (χ2n) is 8.08. The van der Waals surface area contributed by atoms with E-state index in [4.69, 9.17) is 4.74 Å². The lowest BCUT2D eigenvalue weighted by Crippen LogP contribution is -2.57. The second-order valence-corrected chi connectivity index (χ2v) is 8.08. The molecule has 9 nitrogen and oxygen atoms in total. The van der Waals surface area contributed by atoms with Crippen LogP contribution in [0.2, 0.25) is 0 Å². The maximum absolute atomic E-state index is 13.3. The Balaban J connectivity index is 1.39. The van der Waals surface area contributed by atoms with E-state index in [0.717, 1.165) is 31.4 Å². The third-order valence-electron chi connectivity index (χ3n) is 6.18. The van der Waals surface area contributed by atoms with Gasteiger partial charge in [0, 0.05) is 43.3 Å². The molecule has 2 aliphatic rings. The third kappa shape index (κ3) is 4.51. The van der Waals surface area contributed by atoms with Gasteiger partial charge in [0.25, 0.3) is 5.91 Å². The first kappa shape index (κ1) is 21.2. The van der Waals surface area contributed by atoms with Crippen LogP contribution in [0.25, 0.3) is 0 Å². The third-order valence-corrected chi connectivity index (χ3v) is 6.18. The molecule has 9 heteroatoms. The number of amides is 2. The van der Waals surface area contributed by atoms with Crippen molar-refractivity contribution >= 4 is 11.8 Å². The molecular formula is C22H28N6O3. The molecule has 4 heterocycles. The molecule has 2 aromatic rings. The summed E-state index contributed by atoms with van der Waals surface area (Å²) >= 11 is 0. The molecule has 0 unspecified atom stereocenters. The van der Waals surface area contributed by atoms with Gasteiger partial charge < -0.3 is 15.4 Å². The summed E-state index contributed by atoms with van der Waals surface area (Å²) in [5.41, 5.74) is 0.678. The Morgan fingerprint density at radius 3 is 2.97 bits per heavy atom. The highest BCUT2D eigenvalue weighted by atomic mass is 16.5. The predicted octanol–water partition coefficient (Wildman–Crippen LogP) is 0.966. The van der Waals surface area contributed by atoms with E-state index in [-0.39, 0.29) is 23.6 Å². The first-order chi connectivity index (χ1) is 15.1. The van der Waals surface area contributed by atoms with Gasteiger partial charge in [-0.3, -0.25) is 19.5 Å². The molecule has 2 atom stereocenters. The highest BCUT2D eigenvalue weighted by molar-refractivity contribution is 5.92. The van der Waals surface area contributed by atoms with E-state index >= 15 is 0 Å². The summed E-state index contributed by atoms with van der Waals surface area (Å²) in [5, 5.41) is 6.16. The van der Waals surface area contributed by atoms with Crippen LogP contribution in [0.1, 0.15) is 41.7 Å². The number of fused-ring (bicyclic) bond motifs is 1. The van der Waals surface area contributed by atoms with Gasteiger partial charge in [0.1, 0.15) is 11.2 Å². The zero-order chi connectivity index (χ0) is 21.7. The monoisotopic (exact) mass is 424 g/mol. The number of methoxy groups -OCH3 is 1. The van der Waals surface area contributed by atoms with Crippen molar-refractivity contribution in [3.8, 4) is 5.88 Å². The van der Waals surface area contributed by atoms with E-state index in [2.05, 4.69) is 30.5 Å². The van der Waals surface area contributed by atoms with Gasteiger partial charge in [0.05, 0.1) is 13.3 Å². The molecule has 0 radical (unpaired) electrons. The van der Waals surface area contributed by atoms with Gasteiger partial charge in [-0.1, -0.05) is 6.07 Å². The van der Waals surface area contributed by atoms with Crippen LogP contribution in [0, 0.1) is 0 Å². The Bertz CT molecular complexity index is 924. The van der Waals surface area contributed by atoms with Gasteiger partial charge >= 0.3 is 0 Å². The number of pyridine rings is 1. The molecule has 0 bridgehead atoms. The van der Waals surface area contributed by atoms with Gasteiger partial charge in [-0.05, 0) is 44.7 Å². The minimum absolute atomic E-state index is 0.0336. The van der Waals surface area contributed by atoms with Crippen molar-refractivity contribution in [1.82, 2.24) is 30.5 Å². The number of nitrogens with one attached hydrogen (secondary N) is 2. The molecule has 31 heavy (non-hydrogen) atoms. The lowest BCUT2D eigenvalue weighted by Gasteiger charge is -2.40. The minimum atomic E-state index is -0.572. The largest absolute Gasteiger partial charge is 0.481 e. The predicted molar refractivity (Wildman–Crippen MR) is 114 cm³/mol. The maximum Gasteiger partial charge on any atom is 0.271 e. The number of nitrogens with zero attached hydrogens (tertiary/aromatic N) is 4. The molecule has 0 aliphatic carbocycles. The number of aromatic nitrogens is 3. The molecule has 2 aromatic heterocycles. The van der Waals surface area contributed by atoms with Gasteiger partial charge in [-0.25, -0.2) is 9.97 Å². The Morgan fingerprint density at radius 2 is 2.16 bits per heavy atom. The lowest BCUT2D eigenvalue weighted by atomic mass is 9.84. The SMILES string of the molecule is COc1ncccc1CCNC(=O)[C@@]12CCCCN1C[C@@H](NC(=O)c1cnccn1)C2. The normalized spacial score (nSPS) is 23.1. The Morgan fingerprint density at radius 1 is 1.26 bits per heavy atom. The molecule has 0 saturated carbocycles. The van der Waals surface area contributed by atoms with Crippen molar-refractivity contribution in [2.24, 2.45) is 0 Å². The summed E-state index contributed by atoms with van der Waals surface area (Å²) in [7, 11) is 1.59. The highest BCUT2D eigenvalue weighted by Crippen LogP contribution is 2.38. The Labute approximate surface area is 181 Å². The van der Waals surface area contributed by atoms with Gasteiger partial charge in [-0.2, -0.15) is 0 Å². The summed E-state index contributed by atoms with van der Waals surface area (Å²) < 4.78 is 5.29.